The first-order chi connectivity index (χ1) is 15.2. The SMILES string of the molecule is CNC(=O)NCCn1c(-c2ccccc2)csc1=Nc1ccc(N2CCOCC2)cc1. The predicted octanol–water partition coefficient (Wildman–Crippen LogP) is 3.21. The number of rotatable bonds is 6. The molecule has 1 fully saturated rings. The third-order valence-electron chi connectivity index (χ3n) is 5.17. The van der Waals surface area contributed by atoms with Crippen molar-refractivity contribution < 1.29 is 9.53 Å². The number of ether oxygens (including phenoxy) is 1. The van der Waals surface area contributed by atoms with Gasteiger partial charge in [0.15, 0.2) is 4.80 Å². The van der Waals surface area contributed by atoms with E-state index in [1.165, 1.54) is 5.69 Å². The maximum absolute atomic E-state index is 11.6. The van der Waals surface area contributed by atoms with E-state index in [0.717, 1.165) is 48.0 Å². The molecule has 1 aromatic heterocycles. The average molecular weight is 438 g/mol. The number of morpholine rings is 1. The fourth-order valence-corrected chi connectivity index (χ4v) is 4.47. The Bertz CT molecular complexity index is 1050. The van der Waals surface area contributed by atoms with Crippen LogP contribution in [-0.2, 0) is 11.3 Å². The molecule has 1 aliphatic rings. The molecule has 0 spiro atoms. The number of hydrogen-bond acceptors (Lipinski definition) is 5. The van der Waals surface area contributed by atoms with Crippen molar-refractivity contribution in [2.45, 2.75) is 6.54 Å². The molecule has 0 radical (unpaired) electrons. The van der Waals surface area contributed by atoms with Gasteiger partial charge < -0.3 is 24.8 Å². The molecule has 2 N–H and O–H groups in total. The molecule has 4 rings (SSSR count). The van der Waals surface area contributed by atoms with Crippen molar-refractivity contribution in [1.29, 1.82) is 0 Å². The van der Waals surface area contributed by atoms with Crippen LogP contribution in [0.15, 0.2) is 65.0 Å². The molecule has 0 unspecified atom stereocenters. The highest BCUT2D eigenvalue weighted by molar-refractivity contribution is 7.07. The number of urea groups is 1. The molecule has 3 aromatic rings. The molecule has 1 aliphatic heterocycles. The molecule has 8 heteroatoms. The number of benzene rings is 2. The van der Waals surface area contributed by atoms with E-state index in [9.17, 15) is 4.79 Å². The molecule has 2 heterocycles. The molecule has 1 saturated heterocycles. The normalized spacial score (nSPS) is 14.5. The zero-order valence-corrected chi connectivity index (χ0v) is 18.4. The van der Waals surface area contributed by atoms with Crippen molar-refractivity contribution in [2.75, 3.05) is 44.8 Å². The second kappa shape index (κ2) is 10.3. The van der Waals surface area contributed by atoms with E-state index >= 15 is 0 Å². The van der Waals surface area contributed by atoms with Gasteiger partial charge in [-0.2, -0.15) is 0 Å². The monoisotopic (exact) mass is 437 g/mol. The van der Waals surface area contributed by atoms with E-state index in [1.807, 2.05) is 18.2 Å². The maximum Gasteiger partial charge on any atom is 0.314 e. The Morgan fingerprint density at radius 3 is 2.55 bits per heavy atom. The van der Waals surface area contributed by atoms with Crippen molar-refractivity contribution in [2.24, 2.45) is 4.99 Å². The minimum atomic E-state index is -0.186. The zero-order valence-electron chi connectivity index (χ0n) is 17.6. The molecule has 0 aliphatic carbocycles. The Labute approximate surface area is 186 Å². The lowest BCUT2D eigenvalue weighted by Crippen LogP contribution is -2.36. The highest BCUT2D eigenvalue weighted by Crippen LogP contribution is 2.22. The minimum absolute atomic E-state index is 0.186. The molecule has 7 nitrogen and oxygen atoms in total. The van der Waals surface area contributed by atoms with Crippen molar-refractivity contribution in [3.63, 3.8) is 0 Å². The van der Waals surface area contributed by atoms with Crippen LogP contribution in [0.1, 0.15) is 0 Å². The van der Waals surface area contributed by atoms with Crippen LogP contribution < -0.4 is 20.3 Å². The maximum atomic E-state index is 11.6. The number of thiazole rings is 1. The van der Waals surface area contributed by atoms with Gasteiger partial charge in [0, 0.05) is 44.3 Å². The van der Waals surface area contributed by atoms with E-state index in [-0.39, 0.29) is 6.03 Å². The molecule has 162 valence electrons. The lowest BCUT2D eigenvalue weighted by molar-refractivity contribution is 0.122. The summed E-state index contributed by atoms with van der Waals surface area (Å²) in [4.78, 5) is 19.7. The van der Waals surface area contributed by atoms with E-state index in [1.54, 1.807) is 18.4 Å². The molecular weight excluding hydrogens is 410 g/mol. The van der Waals surface area contributed by atoms with Gasteiger partial charge in [-0.15, -0.1) is 11.3 Å². The average Bonchev–Trinajstić information content (AvgIpc) is 3.23. The Morgan fingerprint density at radius 1 is 1.10 bits per heavy atom. The highest BCUT2D eigenvalue weighted by atomic mass is 32.1. The van der Waals surface area contributed by atoms with E-state index < -0.39 is 0 Å². The first-order valence-corrected chi connectivity index (χ1v) is 11.3. The van der Waals surface area contributed by atoms with Gasteiger partial charge in [0.1, 0.15) is 0 Å². The van der Waals surface area contributed by atoms with Crippen LogP contribution in [0.25, 0.3) is 11.3 Å². The summed E-state index contributed by atoms with van der Waals surface area (Å²) >= 11 is 1.60. The number of anilines is 1. The van der Waals surface area contributed by atoms with Crippen LogP contribution in [0.5, 0.6) is 0 Å². The summed E-state index contributed by atoms with van der Waals surface area (Å²) in [6, 6.07) is 18.4. The number of nitrogens with one attached hydrogen (secondary N) is 2. The van der Waals surface area contributed by atoms with Crippen molar-refractivity contribution in [3.8, 4) is 11.3 Å². The third kappa shape index (κ3) is 5.34. The van der Waals surface area contributed by atoms with Crippen molar-refractivity contribution in [1.82, 2.24) is 15.2 Å². The van der Waals surface area contributed by atoms with Crippen LogP contribution in [0.4, 0.5) is 16.2 Å². The number of hydrogen-bond donors (Lipinski definition) is 2. The smallest absolute Gasteiger partial charge is 0.314 e. The van der Waals surface area contributed by atoms with Crippen LogP contribution in [-0.4, -0.2) is 50.5 Å². The van der Waals surface area contributed by atoms with Gasteiger partial charge in [-0.1, -0.05) is 30.3 Å². The summed E-state index contributed by atoms with van der Waals surface area (Å²) in [5, 5.41) is 7.57. The van der Waals surface area contributed by atoms with Crippen LogP contribution >= 0.6 is 11.3 Å². The second-order valence-electron chi connectivity index (χ2n) is 7.15. The Balaban J connectivity index is 1.61. The number of nitrogens with zero attached hydrogens (tertiary/aromatic N) is 3. The minimum Gasteiger partial charge on any atom is -0.378 e. The van der Waals surface area contributed by atoms with Crippen molar-refractivity contribution in [3.05, 3.63) is 64.8 Å². The Kier molecular flexibility index (Phi) is 7.01. The van der Waals surface area contributed by atoms with Crippen LogP contribution in [0.3, 0.4) is 0 Å². The summed E-state index contributed by atoms with van der Waals surface area (Å²) in [6.07, 6.45) is 0. The Hall–Kier alpha value is -3.10. The summed E-state index contributed by atoms with van der Waals surface area (Å²) in [7, 11) is 1.61. The van der Waals surface area contributed by atoms with Gasteiger partial charge in [-0.3, -0.25) is 0 Å². The number of aromatic nitrogens is 1. The summed E-state index contributed by atoms with van der Waals surface area (Å²) < 4.78 is 7.60. The fourth-order valence-electron chi connectivity index (χ4n) is 3.51. The van der Waals surface area contributed by atoms with Gasteiger partial charge in [0.2, 0.25) is 0 Å². The first kappa shape index (κ1) is 21.1. The van der Waals surface area contributed by atoms with Gasteiger partial charge in [-0.25, -0.2) is 9.79 Å². The number of carbonyl (C=O) groups excluding carboxylic acids is 1. The third-order valence-corrected chi connectivity index (χ3v) is 6.03. The Morgan fingerprint density at radius 2 is 1.84 bits per heavy atom. The number of carbonyl (C=O) groups is 1. The van der Waals surface area contributed by atoms with Gasteiger partial charge in [0.25, 0.3) is 0 Å². The molecule has 0 saturated carbocycles. The molecule has 31 heavy (non-hydrogen) atoms. The summed E-state index contributed by atoms with van der Waals surface area (Å²) in [6.45, 7) is 4.52. The summed E-state index contributed by atoms with van der Waals surface area (Å²) in [5.41, 5.74) is 4.32. The quantitative estimate of drug-likeness (QED) is 0.622. The highest BCUT2D eigenvalue weighted by Gasteiger charge is 2.11. The molecule has 0 atom stereocenters. The van der Waals surface area contributed by atoms with Gasteiger partial charge in [0.05, 0.1) is 24.6 Å². The van der Waals surface area contributed by atoms with E-state index in [2.05, 4.69) is 61.9 Å². The van der Waals surface area contributed by atoms with E-state index in [0.29, 0.717) is 13.1 Å². The van der Waals surface area contributed by atoms with Gasteiger partial charge >= 0.3 is 6.03 Å². The fraction of sp³-hybridized carbons (Fsp3) is 0.304. The molecule has 2 aromatic carbocycles. The molecule has 0 bridgehead atoms. The van der Waals surface area contributed by atoms with Crippen LogP contribution in [0, 0.1) is 0 Å². The van der Waals surface area contributed by atoms with E-state index in [4.69, 9.17) is 9.73 Å². The number of amides is 2. The summed E-state index contributed by atoms with van der Waals surface area (Å²) in [5.74, 6) is 0. The lowest BCUT2D eigenvalue weighted by atomic mass is 10.2. The topological polar surface area (TPSA) is 70.9 Å². The second-order valence-corrected chi connectivity index (χ2v) is 7.99. The molecule has 2 amide bonds. The standard InChI is InChI=1S/C23H27N5O2S/c1-24-22(29)25-11-12-28-21(18-5-3-2-4-6-18)17-31-23(28)26-19-7-9-20(10-8-19)27-13-15-30-16-14-27/h2-10,17H,11-16H2,1H3,(H2,24,25,29). The predicted molar refractivity (Wildman–Crippen MR) is 125 cm³/mol. The van der Waals surface area contributed by atoms with Crippen molar-refractivity contribution >= 4 is 28.7 Å². The molecular formula is C23H27N5O2S. The lowest BCUT2D eigenvalue weighted by Gasteiger charge is -2.28. The van der Waals surface area contributed by atoms with Gasteiger partial charge in [-0.05, 0) is 29.8 Å². The zero-order chi connectivity index (χ0) is 21.5. The largest absolute Gasteiger partial charge is 0.378 e. The van der Waals surface area contributed by atoms with Crippen LogP contribution in [0.2, 0.25) is 0 Å². The first-order valence-electron chi connectivity index (χ1n) is 10.4.